The number of benzene rings is 1. The Morgan fingerprint density at radius 2 is 1.94 bits per heavy atom. The third kappa shape index (κ3) is 3.73. The summed E-state index contributed by atoms with van der Waals surface area (Å²) in [5.74, 6) is 1.19. The van der Waals surface area contributed by atoms with E-state index in [0.29, 0.717) is 29.3 Å². The van der Waals surface area contributed by atoms with Crippen molar-refractivity contribution in [1.82, 2.24) is 19.5 Å². The van der Waals surface area contributed by atoms with Crippen LogP contribution in [0.25, 0.3) is 17.3 Å². The molecule has 1 aliphatic heterocycles. The highest BCUT2D eigenvalue weighted by Gasteiger charge is 2.39. The fraction of sp³-hybridized carbons (Fsp3) is 0.182. The lowest BCUT2D eigenvalue weighted by molar-refractivity contribution is 0.628. The second-order valence-electron chi connectivity index (χ2n) is 7.35. The third-order valence-corrected chi connectivity index (χ3v) is 5.27. The molecule has 33 heavy (non-hydrogen) atoms. The Balaban J connectivity index is 1.90. The van der Waals surface area contributed by atoms with E-state index >= 15 is 0 Å². The fourth-order valence-electron chi connectivity index (χ4n) is 3.83. The summed E-state index contributed by atoms with van der Waals surface area (Å²) in [6.45, 7) is 3.49. The largest absolute Gasteiger partial charge is 0.404 e. The van der Waals surface area contributed by atoms with Gasteiger partial charge in [-0.2, -0.15) is 4.98 Å². The maximum atomic E-state index is 13.4. The first-order valence-corrected chi connectivity index (χ1v) is 10.2. The Kier molecular flexibility index (Phi) is 5.69. The molecule has 11 heteroatoms. The van der Waals surface area contributed by atoms with Gasteiger partial charge in [-0.15, -0.1) is 0 Å². The van der Waals surface area contributed by atoms with Crippen LogP contribution in [0.2, 0.25) is 0 Å². The second kappa shape index (κ2) is 8.61. The predicted molar refractivity (Wildman–Crippen MR) is 126 cm³/mol. The monoisotopic (exact) mass is 446 g/mol. The van der Waals surface area contributed by atoms with Gasteiger partial charge in [0.05, 0.1) is 12.2 Å². The molecule has 1 aliphatic rings. The number of nitrogens with one attached hydrogen (secondary N) is 3. The average molecular weight is 446 g/mol. The van der Waals surface area contributed by atoms with E-state index in [0.717, 1.165) is 0 Å². The summed E-state index contributed by atoms with van der Waals surface area (Å²) in [5, 5.41) is 25.4. The summed E-state index contributed by atoms with van der Waals surface area (Å²) in [6.07, 6.45) is 8.01. The minimum Gasteiger partial charge on any atom is -0.404 e. The molecular formula is C22H23FN10. The van der Waals surface area contributed by atoms with Gasteiger partial charge in [-0.25, -0.2) is 14.4 Å². The van der Waals surface area contributed by atoms with Crippen LogP contribution in [0.3, 0.4) is 0 Å². The van der Waals surface area contributed by atoms with Crippen molar-refractivity contribution in [3.63, 3.8) is 0 Å². The molecule has 1 atom stereocenters. The molecule has 0 aliphatic carbocycles. The number of halogens is 1. The zero-order chi connectivity index (χ0) is 23.7. The molecule has 0 saturated heterocycles. The van der Waals surface area contributed by atoms with Gasteiger partial charge in [-0.1, -0.05) is 6.92 Å². The smallest absolute Gasteiger partial charge is 0.237 e. The summed E-state index contributed by atoms with van der Waals surface area (Å²) in [6, 6.07) is 5.42. The van der Waals surface area contributed by atoms with Crippen molar-refractivity contribution in [2.45, 2.75) is 26.3 Å². The van der Waals surface area contributed by atoms with Crippen LogP contribution < -0.4 is 15.5 Å². The van der Waals surface area contributed by atoms with Crippen molar-refractivity contribution in [3.05, 3.63) is 60.9 Å². The lowest BCUT2D eigenvalue weighted by Gasteiger charge is -2.42. The second-order valence-corrected chi connectivity index (χ2v) is 7.35. The van der Waals surface area contributed by atoms with Crippen LogP contribution in [0.4, 0.5) is 15.9 Å². The van der Waals surface area contributed by atoms with Crippen LogP contribution in [-0.2, 0) is 0 Å². The molecule has 0 saturated carbocycles. The number of imidazole rings is 1. The van der Waals surface area contributed by atoms with E-state index in [-0.39, 0.29) is 29.3 Å². The molecular weight excluding hydrogens is 423 g/mol. The van der Waals surface area contributed by atoms with E-state index in [1.54, 1.807) is 40.9 Å². The van der Waals surface area contributed by atoms with Crippen molar-refractivity contribution < 1.29 is 4.39 Å². The first-order chi connectivity index (χ1) is 15.9. The fourth-order valence-corrected chi connectivity index (χ4v) is 3.83. The standard InChI is InChI=1S/C22H23FN10/c1-3-16-19(27)32(13(2)25)17-12-29-22(30-21(17)33(16)18(26)8-9-24)31-11-10-28-20(31)14-4-6-15(23)7-5-14/h4-12,16,25-27H,3,24H2,1-2H3/b9-8-,25-13?,26-18?,27-19?. The van der Waals surface area contributed by atoms with Crippen molar-refractivity contribution in [2.75, 3.05) is 9.80 Å². The van der Waals surface area contributed by atoms with Crippen LogP contribution in [0, 0.1) is 22.0 Å². The molecule has 0 spiro atoms. The number of amidine groups is 3. The number of anilines is 2. The Morgan fingerprint density at radius 1 is 1.21 bits per heavy atom. The molecule has 168 valence electrons. The molecule has 0 bridgehead atoms. The lowest BCUT2D eigenvalue weighted by atomic mass is 10.1. The van der Waals surface area contributed by atoms with Gasteiger partial charge in [0.25, 0.3) is 0 Å². The van der Waals surface area contributed by atoms with Gasteiger partial charge >= 0.3 is 0 Å². The van der Waals surface area contributed by atoms with Gasteiger partial charge in [0, 0.05) is 18.0 Å². The number of rotatable bonds is 4. The highest BCUT2D eigenvalue weighted by molar-refractivity contribution is 6.25. The van der Waals surface area contributed by atoms with Crippen LogP contribution in [0.15, 0.2) is 55.1 Å². The van der Waals surface area contributed by atoms with Crippen LogP contribution in [0.5, 0.6) is 0 Å². The number of fused-ring (bicyclic) bond motifs is 1. The van der Waals surface area contributed by atoms with Crippen LogP contribution >= 0.6 is 0 Å². The molecule has 0 fully saturated rings. The van der Waals surface area contributed by atoms with Gasteiger partial charge in [0.2, 0.25) is 5.95 Å². The first kappa shape index (κ1) is 21.8. The highest BCUT2D eigenvalue weighted by Crippen LogP contribution is 2.36. The van der Waals surface area contributed by atoms with E-state index in [4.69, 9.17) is 26.9 Å². The molecule has 1 aromatic carbocycles. The minimum atomic E-state index is -0.524. The van der Waals surface area contributed by atoms with E-state index in [9.17, 15) is 4.39 Å². The van der Waals surface area contributed by atoms with E-state index in [1.807, 2.05) is 6.92 Å². The molecule has 5 N–H and O–H groups in total. The molecule has 0 amide bonds. The minimum absolute atomic E-state index is 0.0617. The zero-order valence-corrected chi connectivity index (χ0v) is 18.1. The van der Waals surface area contributed by atoms with Crippen LogP contribution in [-0.4, -0.2) is 43.1 Å². The Labute approximate surface area is 189 Å². The highest BCUT2D eigenvalue weighted by atomic mass is 19.1. The normalized spacial score (nSPS) is 15.7. The van der Waals surface area contributed by atoms with Gasteiger partial charge in [0.1, 0.15) is 34.8 Å². The molecule has 0 radical (unpaired) electrons. The Hall–Kier alpha value is -4.41. The van der Waals surface area contributed by atoms with Gasteiger partial charge in [-0.3, -0.25) is 30.6 Å². The van der Waals surface area contributed by atoms with Crippen LogP contribution in [0.1, 0.15) is 20.3 Å². The number of nitrogens with zero attached hydrogens (tertiary/aromatic N) is 6. The maximum Gasteiger partial charge on any atom is 0.237 e. The van der Waals surface area contributed by atoms with Crippen molar-refractivity contribution >= 4 is 29.0 Å². The Morgan fingerprint density at radius 3 is 2.58 bits per heavy atom. The molecule has 1 unspecified atom stereocenters. The molecule has 3 aromatic rings. The van der Waals surface area contributed by atoms with Crippen molar-refractivity contribution in [1.29, 1.82) is 16.2 Å². The maximum absolute atomic E-state index is 13.4. The summed E-state index contributed by atoms with van der Waals surface area (Å²) >= 11 is 0. The molecule has 2 aromatic heterocycles. The van der Waals surface area contributed by atoms with Gasteiger partial charge in [-0.05, 0) is 49.9 Å². The van der Waals surface area contributed by atoms with Gasteiger partial charge < -0.3 is 5.73 Å². The Bertz CT molecular complexity index is 1260. The lowest BCUT2D eigenvalue weighted by Crippen LogP contribution is -2.56. The topological polar surface area (TPSA) is 148 Å². The van der Waals surface area contributed by atoms with E-state index < -0.39 is 6.04 Å². The SMILES string of the molecule is CCC1C(=N)N(C(C)=N)c2cnc(-n3ccnc3-c3ccc(F)cc3)nc2N1C(=N)/C=C\N. The summed E-state index contributed by atoms with van der Waals surface area (Å²) in [7, 11) is 0. The van der Waals surface area contributed by atoms with E-state index in [2.05, 4.69) is 9.97 Å². The van der Waals surface area contributed by atoms with Crippen molar-refractivity contribution in [2.24, 2.45) is 5.73 Å². The first-order valence-electron chi connectivity index (χ1n) is 10.2. The molecule has 10 nitrogen and oxygen atoms in total. The zero-order valence-electron chi connectivity index (χ0n) is 18.1. The predicted octanol–water partition coefficient (Wildman–Crippen LogP) is 3.30. The third-order valence-electron chi connectivity index (χ3n) is 5.27. The summed E-state index contributed by atoms with van der Waals surface area (Å²) < 4.78 is 15.1. The number of nitrogens with two attached hydrogens (primary N) is 1. The van der Waals surface area contributed by atoms with E-state index in [1.165, 1.54) is 35.5 Å². The number of hydrogen-bond acceptors (Lipinski definition) is 7. The number of aromatic nitrogens is 4. The molecule has 4 rings (SSSR count). The van der Waals surface area contributed by atoms with Crippen molar-refractivity contribution in [3.8, 4) is 17.3 Å². The summed E-state index contributed by atoms with van der Waals surface area (Å²) in [5.41, 5.74) is 6.64. The summed E-state index contributed by atoms with van der Waals surface area (Å²) in [4.78, 5) is 16.6. The number of hydrogen-bond donors (Lipinski definition) is 4. The van der Waals surface area contributed by atoms with Gasteiger partial charge in [0.15, 0.2) is 5.82 Å². The molecule has 3 heterocycles. The average Bonchev–Trinajstić information content (AvgIpc) is 3.28. The quantitative estimate of drug-likeness (QED) is 0.357.